The van der Waals surface area contributed by atoms with Crippen molar-refractivity contribution in [3.63, 3.8) is 0 Å². The maximum atomic E-state index is 12.8. The first-order valence-corrected chi connectivity index (χ1v) is 9.26. The van der Waals surface area contributed by atoms with Gasteiger partial charge in [-0.1, -0.05) is 12.1 Å². The zero-order valence-corrected chi connectivity index (χ0v) is 16.0. The number of nitrogens with one attached hydrogen (secondary N) is 1. The molecule has 1 aliphatic rings. The van der Waals surface area contributed by atoms with E-state index >= 15 is 0 Å². The van der Waals surface area contributed by atoms with Crippen LogP contribution in [0.25, 0.3) is 5.65 Å². The number of amides is 1. The fourth-order valence-corrected chi connectivity index (χ4v) is 3.38. The highest BCUT2D eigenvalue weighted by molar-refractivity contribution is 5.83. The normalized spacial score (nSPS) is 13.8. The van der Waals surface area contributed by atoms with E-state index in [1.165, 1.54) is 0 Å². The lowest BCUT2D eigenvalue weighted by atomic mass is 10.0. The molecular weight excluding hydrogens is 358 g/mol. The number of nitrogens with zero attached hydrogens (tertiary/aromatic N) is 4. The Morgan fingerprint density at radius 1 is 1.21 bits per heavy atom. The van der Waals surface area contributed by atoms with Gasteiger partial charge < -0.3 is 14.8 Å². The van der Waals surface area contributed by atoms with Crippen LogP contribution in [0, 0.1) is 0 Å². The molecule has 0 fully saturated rings. The van der Waals surface area contributed by atoms with Gasteiger partial charge in [-0.2, -0.15) is 0 Å². The molecule has 8 heteroatoms. The first-order chi connectivity index (χ1) is 13.6. The van der Waals surface area contributed by atoms with Gasteiger partial charge in [-0.25, -0.2) is 0 Å². The molecule has 1 atom stereocenters. The number of hydrogen-bond acceptors (Lipinski definition) is 6. The summed E-state index contributed by atoms with van der Waals surface area (Å²) in [5, 5.41) is 11.4. The van der Waals surface area contributed by atoms with E-state index < -0.39 is 6.04 Å². The molecular formula is C20H23N5O3. The molecule has 3 heterocycles. The number of carbonyl (C=O) groups is 1. The molecule has 0 aliphatic carbocycles. The van der Waals surface area contributed by atoms with Crippen LogP contribution >= 0.6 is 0 Å². The number of fused-ring (bicyclic) bond motifs is 2. The van der Waals surface area contributed by atoms with Crippen molar-refractivity contribution < 1.29 is 14.3 Å². The Hall–Kier alpha value is -3.13. The van der Waals surface area contributed by atoms with Crippen LogP contribution in [-0.2, 0) is 11.2 Å². The largest absolute Gasteiger partial charge is 0.454 e. The van der Waals surface area contributed by atoms with Gasteiger partial charge in [0.15, 0.2) is 17.1 Å². The average molecular weight is 381 g/mol. The van der Waals surface area contributed by atoms with Crippen LogP contribution in [0.5, 0.6) is 11.5 Å². The summed E-state index contributed by atoms with van der Waals surface area (Å²) in [6, 6.07) is 11.0. The predicted octanol–water partition coefficient (Wildman–Crippen LogP) is 1.81. The number of aromatic nitrogens is 3. The van der Waals surface area contributed by atoms with E-state index in [1.54, 1.807) is 0 Å². The Kier molecular flexibility index (Phi) is 5.12. The van der Waals surface area contributed by atoms with E-state index in [-0.39, 0.29) is 12.7 Å². The smallest absolute Gasteiger partial charge is 0.241 e. The van der Waals surface area contributed by atoms with Gasteiger partial charge in [0.1, 0.15) is 11.9 Å². The van der Waals surface area contributed by atoms with Gasteiger partial charge in [-0.3, -0.25) is 14.1 Å². The van der Waals surface area contributed by atoms with E-state index in [1.807, 2.05) is 66.0 Å². The van der Waals surface area contributed by atoms with Crippen molar-refractivity contribution in [1.82, 2.24) is 24.8 Å². The minimum atomic E-state index is -0.400. The second-order valence-electron chi connectivity index (χ2n) is 6.92. The third-order valence-electron chi connectivity index (χ3n) is 4.74. The molecule has 146 valence electrons. The third kappa shape index (κ3) is 3.63. The molecule has 3 aromatic rings. The summed E-state index contributed by atoms with van der Waals surface area (Å²) in [4.78, 5) is 14.7. The fraction of sp³-hybridized carbons (Fsp3) is 0.350. The lowest BCUT2D eigenvalue weighted by molar-refractivity contribution is -0.125. The number of carbonyl (C=O) groups excluding carboxylic acids is 1. The number of rotatable bonds is 7. The van der Waals surface area contributed by atoms with Gasteiger partial charge in [0.05, 0.1) is 0 Å². The Morgan fingerprint density at radius 3 is 2.93 bits per heavy atom. The second kappa shape index (κ2) is 7.85. The minimum Gasteiger partial charge on any atom is -0.454 e. The molecule has 0 spiro atoms. The summed E-state index contributed by atoms with van der Waals surface area (Å²) >= 11 is 0. The first-order valence-electron chi connectivity index (χ1n) is 9.26. The van der Waals surface area contributed by atoms with E-state index in [9.17, 15) is 4.79 Å². The minimum absolute atomic E-state index is 0.0463. The van der Waals surface area contributed by atoms with Crippen LogP contribution in [-0.4, -0.2) is 52.8 Å². The number of hydrogen-bond donors (Lipinski definition) is 1. The number of likely N-dealkylation sites (N-methyl/N-ethyl adjacent to an activating group) is 1. The SMILES string of the molecule is CN(C)C(C(=O)NCCCc1nnc2ccccn12)c1ccc2c(c1)OCO2. The van der Waals surface area contributed by atoms with Crippen LogP contribution in [0.3, 0.4) is 0 Å². The quantitative estimate of drug-likeness (QED) is 0.629. The highest BCUT2D eigenvalue weighted by Gasteiger charge is 2.25. The molecule has 1 amide bonds. The maximum absolute atomic E-state index is 12.8. The van der Waals surface area contributed by atoms with Crippen molar-refractivity contribution in [1.29, 1.82) is 0 Å². The van der Waals surface area contributed by atoms with Crippen molar-refractivity contribution in [2.45, 2.75) is 18.9 Å². The number of benzene rings is 1. The molecule has 1 unspecified atom stereocenters. The molecule has 28 heavy (non-hydrogen) atoms. The molecule has 2 aromatic heterocycles. The van der Waals surface area contributed by atoms with Gasteiger partial charge in [0.2, 0.25) is 12.7 Å². The van der Waals surface area contributed by atoms with E-state index in [0.717, 1.165) is 29.9 Å². The van der Waals surface area contributed by atoms with Gasteiger partial charge in [-0.05, 0) is 50.3 Å². The van der Waals surface area contributed by atoms with Crippen LogP contribution in [0.15, 0.2) is 42.6 Å². The molecule has 4 rings (SSSR count). The molecule has 0 saturated carbocycles. The predicted molar refractivity (Wildman–Crippen MR) is 103 cm³/mol. The molecule has 8 nitrogen and oxygen atoms in total. The number of ether oxygens (including phenoxy) is 2. The van der Waals surface area contributed by atoms with Crippen molar-refractivity contribution in [3.8, 4) is 11.5 Å². The van der Waals surface area contributed by atoms with E-state index in [2.05, 4.69) is 15.5 Å². The fourth-order valence-electron chi connectivity index (χ4n) is 3.38. The van der Waals surface area contributed by atoms with Gasteiger partial charge in [0.25, 0.3) is 0 Å². The van der Waals surface area contributed by atoms with Gasteiger partial charge in [0, 0.05) is 19.2 Å². The highest BCUT2D eigenvalue weighted by atomic mass is 16.7. The summed E-state index contributed by atoms with van der Waals surface area (Å²) in [6.07, 6.45) is 3.47. The van der Waals surface area contributed by atoms with Crippen molar-refractivity contribution in [3.05, 3.63) is 54.0 Å². The van der Waals surface area contributed by atoms with Crippen molar-refractivity contribution in [2.75, 3.05) is 27.4 Å². The molecule has 0 radical (unpaired) electrons. The summed E-state index contributed by atoms with van der Waals surface area (Å²) in [5.74, 6) is 2.23. The molecule has 0 saturated heterocycles. The Morgan fingerprint density at radius 2 is 2.07 bits per heavy atom. The van der Waals surface area contributed by atoms with Crippen molar-refractivity contribution in [2.24, 2.45) is 0 Å². The summed E-state index contributed by atoms with van der Waals surface area (Å²) in [5.41, 5.74) is 1.70. The zero-order chi connectivity index (χ0) is 19.5. The van der Waals surface area contributed by atoms with Crippen LogP contribution in [0.1, 0.15) is 23.9 Å². The van der Waals surface area contributed by atoms with Crippen molar-refractivity contribution >= 4 is 11.6 Å². The third-order valence-corrected chi connectivity index (χ3v) is 4.74. The van der Waals surface area contributed by atoms with Gasteiger partial charge in [-0.15, -0.1) is 10.2 Å². The van der Waals surface area contributed by atoms with Gasteiger partial charge >= 0.3 is 0 Å². The second-order valence-corrected chi connectivity index (χ2v) is 6.92. The summed E-state index contributed by atoms with van der Waals surface area (Å²) < 4.78 is 12.8. The molecule has 1 aliphatic heterocycles. The molecule has 1 N–H and O–H groups in total. The number of aryl methyl sites for hydroxylation is 1. The summed E-state index contributed by atoms with van der Waals surface area (Å²) in [7, 11) is 3.77. The van der Waals surface area contributed by atoms with Crippen LogP contribution in [0.2, 0.25) is 0 Å². The Labute approximate surface area is 163 Å². The molecule has 0 bridgehead atoms. The van der Waals surface area contributed by atoms with E-state index in [4.69, 9.17) is 9.47 Å². The van der Waals surface area contributed by atoms with Crippen LogP contribution in [0.4, 0.5) is 0 Å². The maximum Gasteiger partial charge on any atom is 0.241 e. The zero-order valence-electron chi connectivity index (χ0n) is 16.0. The van der Waals surface area contributed by atoms with E-state index in [0.29, 0.717) is 18.0 Å². The monoisotopic (exact) mass is 381 g/mol. The average Bonchev–Trinajstić information content (AvgIpc) is 3.31. The lowest BCUT2D eigenvalue weighted by Gasteiger charge is -2.24. The number of pyridine rings is 1. The van der Waals surface area contributed by atoms with Crippen LogP contribution < -0.4 is 14.8 Å². The highest BCUT2D eigenvalue weighted by Crippen LogP contribution is 2.35. The standard InChI is InChI=1S/C20H23N5O3/c1-24(2)19(14-8-9-15-16(12-14)28-13-27-15)20(26)21-10-5-7-18-23-22-17-6-3-4-11-25(17)18/h3-4,6,8-9,11-12,19H,5,7,10,13H2,1-2H3,(H,21,26). The molecule has 1 aromatic carbocycles. The Balaban J connectivity index is 1.36. The Bertz CT molecular complexity index is 985. The topological polar surface area (TPSA) is 81.0 Å². The summed E-state index contributed by atoms with van der Waals surface area (Å²) in [6.45, 7) is 0.782. The lowest BCUT2D eigenvalue weighted by Crippen LogP contribution is -2.37. The first kappa shape index (κ1) is 18.2.